The summed E-state index contributed by atoms with van der Waals surface area (Å²) in [6.07, 6.45) is 27.2. The zero-order valence-electron chi connectivity index (χ0n) is 28.0. The Morgan fingerprint density at radius 1 is 0.537 bits per heavy atom. The Morgan fingerprint density at radius 2 is 0.829 bits per heavy atom. The molecule has 0 heterocycles. The van der Waals surface area contributed by atoms with Crippen LogP contribution in [0.25, 0.3) is 0 Å². The molecule has 41 heavy (non-hydrogen) atoms. The third kappa shape index (κ3) is 26.2. The van der Waals surface area contributed by atoms with Gasteiger partial charge in [0, 0.05) is 18.4 Å². The lowest BCUT2D eigenvalue weighted by Crippen LogP contribution is -2.59. The Balaban J connectivity index is 4.42. The smallest absolute Gasteiger partial charge is 0.320 e. The van der Waals surface area contributed by atoms with E-state index < -0.39 is 23.4 Å². The van der Waals surface area contributed by atoms with Gasteiger partial charge in [0.2, 0.25) is 0 Å². The lowest BCUT2D eigenvalue weighted by Gasteiger charge is -2.38. The number of carbonyl (C=O) groups excluding carboxylic acids is 2. The highest BCUT2D eigenvalue weighted by molar-refractivity contribution is 5.72. The first-order chi connectivity index (χ1) is 19.7. The fraction of sp³-hybridized carbons (Fsp3) is 0.943. The van der Waals surface area contributed by atoms with Crippen LogP contribution in [0.1, 0.15) is 195 Å². The molecule has 0 rings (SSSR count). The molecule has 0 aromatic heterocycles. The second kappa shape index (κ2) is 26.5. The van der Waals surface area contributed by atoms with Crippen LogP contribution in [0.3, 0.4) is 0 Å². The molecule has 0 saturated carbocycles. The molecule has 0 bridgehead atoms. The number of carbonyl (C=O) groups is 2. The topological polar surface area (TPSA) is 84.9 Å². The molecule has 0 saturated heterocycles. The van der Waals surface area contributed by atoms with Gasteiger partial charge in [-0.05, 0) is 33.6 Å². The molecule has 0 aromatic carbocycles. The molecule has 0 radical (unpaired) electrons. The second-order valence-electron chi connectivity index (χ2n) is 13.1. The molecule has 0 aliphatic carbocycles. The first-order valence-corrected chi connectivity index (χ1v) is 17.5. The van der Waals surface area contributed by atoms with Gasteiger partial charge >= 0.3 is 17.8 Å². The first kappa shape index (κ1) is 39.9. The average molecular weight is 584 g/mol. The summed E-state index contributed by atoms with van der Waals surface area (Å²) in [6, 6.07) is 0. The van der Waals surface area contributed by atoms with Crippen LogP contribution >= 0.6 is 0 Å². The van der Waals surface area contributed by atoms with Crippen LogP contribution in [0.4, 0.5) is 0 Å². The number of aliphatic hydroxyl groups is 1. The summed E-state index contributed by atoms with van der Waals surface area (Å²) in [6.45, 7) is 10.0. The standard InChI is InChI=1S/C35H69NO5/c1-6-8-10-12-14-16-18-20-22-24-26-28-32(38)40-35(30-31-37,36-34(3,4)5)41-33(39)29-27-25-23-21-19-17-15-13-11-9-7-2/h36-37H,6-31H2,1-5H3. The van der Waals surface area contributed by atoms with Crippen molar-refractivity contribution in [1.29, 1.82) is 0 Å². The summed E-state index contributed by atoms with van der Waals surface area (Å²) >= 11 is 0. The molecule has 6 nitrogen and oxygen atoms in total. The zero-order chi connectivity index (χ0) is 30.7. The van der Waals surface area contributed by atoms with E-state index in [4.69, 9.17) is 9.47 Å². The molecule has 0 spiro atoms. The minimum Gasteiger partial charge on any atom is -0.408 e. The van der Waals surface area contributed by atoms with Crippen LogP contribution in [-0.2, 0) is 19.1 Å². The van der Waals surface area contributed by atoms with Crippen LogP contribution in [0.15, 0.2) is 0 Å². The molecule has 0 unspecified atom stereocenters. The highest BCUT2D eigenvalue weighted by atomic mass is 16.8. The van der Waals surface area contributed by atoms with E-state index >= 15 is 0 Å². The second-order valence-corrected chi connectivity index (χ2v) is 13.1. The molecular weight excluding hydrogens is 514 g/mol. The van der Waals surface area contributed by atoms with E-state index in [2.05, 4.69) is 19.2 Å². The van der Waals surface area contributed by atoms with Crippen molar-refractivity contribution in [1.82, 2.24) is 5.32 Å². The van der Waals surface area contributed by atoms with Crippen molar-refractivity contribution in [2.24, 2.45) is 0 Å². The van der Waals surface area contributed by atoms with E-state index in [1.54, 1.807) is 0 Å². The highest BCUT2D eigenvalue weighted by Crippen LogP contribution is 2.23. The van der Waals surface area contributed by atoms with Gasteiger partial charge in [-0.2, -0.15) is 0 Å². The predicted molar refractivity (Wildman–Crippen MR) is 172 cm³/mol. The fourth-order valence-corrected chi connectivity index (χ4v) is 5.29. The van der Waals surface area contributed by atoms with E-state index in [0.717, 1.165) is 38.5 Å². The Bertz CT molecular complexity index is 576. The number of unbranched alkanes of at least 4 members (excludes halogenated alkanes) is 20. The predicted octanol–water partition coefficient (Wildman–Crippen LogP) is 9.90. The van der Waals surface area contributed by atoms with Crippen molar-refractivity contribution >= 4 is 11.9 Å². The number of esters is 2. The summed E-state index contributed by atoms with van der Waals surface area (Å²) in [7, 11) is 0. The van der Waals surface area contributed by atoms with Gasteiger partial charge in [0.15, 0.2) is 0 Å². The highest BCUT2D eigenvalue weighted by Gasteiger charge is 2.41. The number of hydrogen-bond acceptors (Lipinski definition) is 6. The van der Waals surface area contributed by atoms with E-state index in [9.17, 15) is 14.7 Å². The molecular formula is C35H69NO5. The summed E-state index contributed by atoms with van der Waals surface area (Å²) < 4.78 is 11.5. The van der Waals surface area contributed by atoms with Gasteiger partial charge in [0.25, 0.3) is 0 Å². The Labute approximate surface area is 254 Å². The van der Waals surface area contributed by atoms with Gasteiger partial charge in [0.05, 0.1) is 13.0 Å². The van der Waals surface area contributed by atoms with E-state index in [1.807, 2.05) is 20.8 Å². The van der Waals surface area contributed by atoms with Gasteiger partial charge < -0.3 is 14.6 Å². The zero-order valence-corrected chi connectivity index (χ0v) is 28.0. The summed E-state index contributed by atoms with van der Waals surface area (Å²) in [5.41, 5.74) is -0.483. The Morgan fingerprint density at radius 3 is 1.10 bits per heavy atom. The molecule has 0 fully saturated rings. The monoisotopic (exact) mass is 584 g/mol. The summed E-state index contributed by atoms with van der Waals surface area (Å²) in [4.78, 5) is 25.6. The lowest BCUT2D eigenvalue weighted by molar-refractivity contribution is -0.252. The minimum absolute atomic E-state index is 0.00172. The Hall–Kier alpha value is -1.14. The van der Waals surface area contributed by atoms with Crippen LogP contribution in [-0.4, -0.2) is 35.1 Å². The van der Waals surface area contributed by atoms with E-state index in [1.165, 1.54) is 103 Å². The van der Waals surface area contributed by atoms with Gasteiger partial charge in [-0.1, -0.05) is 142 Å². The molecule has 0 aromatic rings. The van der Waals surface area contributed by atoms with Crippen LogP contribution < -0.4 is 5.32 Å². The minimum atomic E-state index is -1.64. The van der Waals surface area contributed by atoms with Gasteiger partial charge in [-0.25, -0.2) is 5.32 Å². The number of nitrogens with one attached hydrogen (secondary N) is 1. The molecule has 6 heteroatoms. The van der Waals surface area contributed by atoms with Crippen molar-refractivity contribution in [3.63, 3.8) is 0 Å². The summed E-state index contributed by atoms with van der Waals surface area (Å²) in [5.74, 6) is -2.43. The molecule has 244 valence electrons. The normalized spacial score (nSPS) is 12.0. The van der Waals surface area contributed by atoms with Gasteiger partial charge in [0.1, 0.15) is 0 Å². The quantitative estimate of drug-likeness (QED) is 0.0518. The third-order valence-electron chi connectivity index (χ3n) is 7.53. The third-order valence-corrected chi connectivity index (χ3v) is 7.53. The maximum absolute atomic E-state index is 12.8. The van der Waals surface area contributed by atoms with Gasteiger partial charge in [-0.3, -0.25) is 9.59 Å². The van der Waals surface area contributed by atoms with Crippen molar-refractivity contribution < 1.29 is 24.2 Å². The molecule has 0 amide bonds. The maximum atomic E-state index is 12.8. The molecule has 2 N–H and O–H groups in total. The van der Waals surface area contributed by atoms with E-state index in [0.29, 0.717) is 0 Å². The largest absolute Gasteiger partial charge is 0.408 e. The van der Waals surface area contributed by atoms with Crippen molar-refractivity contribution in [2.45, 2.75) is 207 Å². The molecule has 0 aliphatic heterocycles. The molecule has 0 aliphatic rings. The van der Waals surface area contributed by atoms with E-state index in [-0.39, 0.29) is 25.9 Å². The van der Waals surface area contributed by atoms with Crippen LogP contribution in [0.2, 0.25) is 0 Å². The lowest BCUT2D eigenvalue weighted by atomic mass is 10.1. The molecule has 0 atom stereocenters. The van der Waals surface area contributed by atoms with Gasteiger partial charge in [-0.15, -0.1) is 0 Å². The van der Waals surface area contributed by atoms with Crippen molar-refractivity contribution in [2.75, 3.05) is 6.61 Å². The number of rotatable bonds is 29. The maximum Gasteiger partial charge on any atom is 0.320 e. The number of aliphatic hydroxyl groups excluding tert-OH is 1. The fourth-order valence-electron chi connectivity index (χ4n) is 5.29. The SMILES string of the molecule is CCCCCCCCCCCCCC(=O)OC(CCO)(NC(C)(C)C)OC(=O)CCCCCCCCCCCCC. The first-order valence-electron chi connectivity index (χ1n) is 17.5. The van der Waals surface area contributed by atoms with Crippen molar-refractivity contribution in [3.05, 3.63) is 0 Å². The number of ether oxygens (including phenoxy) is 2. The van der Waals surface area contributed by atoms with Crippen molar-refractivity contribution in [3.8, 4) is 0 Å². The average Bonchev–Trinajstić information content (AvgIpc) is 2.89. The van der Waals surface area contributed by atoms with Crippen LogP contribution in [0.5, 0.6) is 0 Å². The van der Waals surface area contributed by atoms with Crippen LogP contribution in [0, 0.1) is 0 Å². The Kier molecular flexibility index (Phi) is 25.7. The summed E-state index contributed by atoms with van der Waals surface area (Å²) in [5, 5.41) is 12.9. The number of hydrogen-bond donors (Lipinski definition) is 2.